The second-order valence-electron chi connectivity index (χ2n) is 5.65. The topological polar surface area (TPSA) is 66.5 Å². The van der Waals surface area contributed by atoms with Crippen LogP contribution in [0.5, 0.6) is 0 Å². The normalized spacial score (nSPS) is 11.9. The van der Waals surface area contributed by atoms with Crippen LogP contribution in [-0.4, -0.2) is 32.7 Å². The van der Waals surface area contributed by atoms with Gasteiger partial charge in [-0.15, -0.1) is 0 Å². The fourth-order valence-corrected chi connectivity index (χ4v) is 3.68. The summed E-state index contributed by atoms with van der Waals surface area (Å²) < 4.78 is 26.7. The van der Waals surface area contributed by atoms with Gasteiger partial charge in [0.25, 0.3) is 0 Å². The number of sulfonamides is 1. The molecule has 2 rings (SSSR count). The second-order valence-corrected chi connectivity index (χ2v) is 8.68. The number of carbonyl (C=O) groups is 1. The monoisotopic (exact) mass is 422 g/mol. The predicted octanol–water partition coefficient (Wildman–Crippen LogP) is 3.66. The Hall–Kier alpha value is -1.96. The number of hydrogen-bond donors (Lipinski definition) is 1. The largest absolute Gasteiger partial charge is 0.322 e. The summed E-state index contributed by atoms with van der Waals surface area (Å²) in [6.07, 6.45) is 3.09. The Balaban J connectivity index is 2.19. The third-order valence-electron chi connectivity index (χ3n) is 3.49. The molecule has 2 aromatic carbocycles. The van der Waals surface area contributed by atoms with E-state index in [1.807, 2.05) is 24.3 Å². The molecule has 0 aliphatic rings. The molecule has 0 bridgehead atoms. The first-order chi connectivity index (χ1) is 11.7. The van der Waals surface area contributed by atoms with E-state index in [9.17, 15) is 13.2 Å². The van der Waals surface area contributed by atoms with Crippen LogP contribution in [0.1, 0.15) is 11.1 Å². The summed E-state index contributed by atoms with van der Waals surface area (Å²) >= 11 is 3.37. The number of benzene rings is 2. The van der Waals surface area contributed by atoms with E-state index in [1.54, 1.807) is 25.1 Å². The number of nitrogens with zero attached hydrogens (tertiary/aromatic N) is 1. The highest BCUT2D eigenvalue weighted by atomic mass is 79.9. The van der Waals surface area contributed by atoms with Crippen molar-refractivity contribution in [1.82, 2.24) is 4.31 Å². The number of rotatable bonds is 5. The van der Waals surface area contributed by atoms with Crippen molar-refractivity contribution in [1.29, 1.82) is 0 Å². The molecule has 0 saturated heterocycles. The molecule has 1 amide bonds. The SMILES string of the molecule is Cc1ccc(NC(=O)/C=C/c2cccc(Br)c2)cc1S(=O)(=O)N(C)C. The molecule has 0 fully saturated rings. The summed E-state index contributed by atoms with van der Waals surface area (Å²) in [4.78, 5) is 12.3. The highest BCUT2D eigenvalue weighted by Gasteiger charge is 2.20. The van der Waals surface area contributed by atoms with Crippen LogP contribution in [0.25, 0.3) is 6.08 Å². The summed E-state index contributed by atoms with van der Waals surface area (Å²) in [5.74, 6) is -0.336. The van der Waals surface area contributed by atoms with Crippen molar-refractivity contribution in [3.63, 3.8) is 0 Å². The molecule has 25 heavy (non-hydrogen) atoms. The number of amides is 1. The number of anilines is 1. The lowest BCUT2D eigenvalue weighted by molar-refractivity contribution is -0.111. The van der Waals surface area contributed by atoms with E-state index in [4.69, 9.17) is 0 Å². The van der Waals surface area contributed by atoms with Gasteiger partial charge in [0.15, 0.2) is 0 Å². The Morgan fingerprint density at radius 3 is 2.52 bits per heavy atom. The molecule has 132 valence electrons. The van der Waals surface area contributed by atoms with Crippen LogP contribution in [0.3, 0.4) is 0 Å². The van der Waals surface area contributed by atoms with E-state index in [0.29, 0.717) is 11.3 Å². The quantitative estimate of drug-likeness (QED) is 0.747. The van der Waals surface area contributed by atoms with Gasteiger partial charge >= 0.3 is 0 Å². The predicted molar refractivity (Wildman–Crippen MR) is 104 cm³/mol. The van der Waals surface area contributed by atoms with Crippen molar-refractivity contribution in [3.8, 4) is 0 Å². The maximum absolute atomic E-state index is 12.3. The standard InChI is InChI=1S/C18H19BrN2O3S/c1-13-7-9-16(12-17(13)25(23,24)21(2)3)20-18(22)10-8-14-5-4-6-15(19)11-14/h4-12H,1-3H3,(H,20,22)/b10-8+. The summed E-state index contributed by atoms with van der Waals surface area (Å²) in [7, 11) is -0.621. The van der Waals surface area contributed by atoms with E-state index >= 15 is 0 Å². The zero-order valence-electron chi connectivity index (χ0n) is 14.2. The highest BCUT2D eigenvalue weighted by Crippen LogP contribution is 2.22. The second kappa shape index (κ2) is 7.95. The van der Waals surface area contributed by atoms with Crippen LogP contribution in [0.15, 0.2) is 57.9 Å². The van der Waals surface area contributed by atoms with Gasteiger partial charge in [-0.1, -0.05) is 34.1 Å². The van der Waals surface area contributed by atoms with Crippen molar-refractivity contribution in [2.24, 2.45) is 0 Å². The summed E-state index contributed by atoms with van der Waals surface area (Å²) in [5.41, 5.74) is 1.93. The van der Waals surface area contributed by atoms with Gasteiger partial charge in [0, 0.05) is 30.3 Å². The highest BCUT2D eigenvalue weighted by molar-refractivity contribution is 9.10. The summed E-state index contributed by atoms with van der Waals surface area (Å²) in [6.45, 7) is 1.72. The van der Waals surface area contributed by atoms with Crippen molar-refractivity contribution in [2.75, 3.05) is 19.4 Å². The van der Waals surface area contributed by atoms with E-state index < -0.39 is 10.0 Å². The molecule has 0 atom stereocenters. The fourth-order valence-electron chi connectivity index (χ4n) is 2.12. The van der Waals surface area contributed by atoms with Crippen molar-refractivity contribution < 1.29 is 13.2 Å². The molecule has 0 aromatic heterocycles. The van der Waals surface area contributed by atoms with Crippen molar-refractivity contribution in [2.45, 2.75) is 11.8 Å². The van der Waals surface area contributed by atoms with Gasteiger partial charge < -0.3 is 5.32 Å². The van der Waals surface area contributed by atoms with Crippen LogP contribution in [-0.2, 0) is 14.8 Å². The lowest BCUT2D eigenvalue weighted by Crippen LogP contribution is -2.23. The molecule has 0 spiro atoms. The van der Waals surface area contributed by atoms with Crippen LogP contribution in [0.4, 0.5) is 5.69 Å². The molecule has 0 unspecified atom stereocenters. The molecule has 0 saturated carbocycles. The zero-order valence-corrected chi connectivity index (χ0v) is 16.6. The van der Waals surface area contributed by atoms with Crippen LogP contribution >= 0.6 is 15.9 Å². The van der Waals surface area contributed by atoms with Crippen LogP contribution in [0.2, 0.25) is 0 Å². The van der Waals surface area contributed by atoms with Gasteiger partial charge in [0.1, 0.15) is 0 Å². The third kappa shape index (κ3) is 5.01. The summed E-state index contributed by atoms with van der Waals surface area (Å²) in [6, 6.07) is 12.4. The lowest BCUT2D eigenvalue weighted by Gasteiger charge is -2.14. The van der Waals surface area contributed by atoms with Gasteiger partial charge in [-0.3, -0.25) is 4.79 Å². The minimum absolute atomic E-state index is 0.172. The van der Waals surface area contributed by atoms with E-state index in [1.165, 1.54) is 26.2 Å². The molecule has 1 N–H and O–H groups in total. The average molecular weight is 423 g/mol. The maximum Gasteiger partial charge on any atom is 0.248 e. The number of aryl methyl sites for hydroxylation is 1. The first-order valence-electron chi connectivity index (χ1n) is 7.48. The van der Waals surface area contributed by atoms with E-state index in [-0.39, 0.29) is 10.8 Å². The fraction of sp³-hybridized carbons (Fsp3) is 0.167. The molecule has 7 heteroatoms. The number of halogens is 1. The Morgan fingerprint density at radius 1 is 1.16 bits per heavy atom. The molecule has 0 aliphatic carbocycles. The number of nitrogens with one attached hydrogen (secondary N) is 1. The number of carbonyl (C=O) groups excluding carboxylic acids is 1. The molecule has 0 aliphatic heterocycles. The van der Waals surface area contributed by atoms with Crippen LogP contribution in [0, 0.1) is 6.92 Å². The van der Waals surface area contributed by atoms with Crippen molar-refractivity contribution >= 4 is 43.6 Å². The van der Waals surface area contributed by atoms with Crippen LogP contribution < -0.4 is 5.32 Å². The Labute approximate surface area is 156 Å². The maximum atomic E-state index is 12.3. The first-order valence-corrected chi connectivity index (χ1v) is 9.71. The summed E-state index contributed by atoms with van der Waals surface area (Å²) in [5, 5.41) is 2.68. The van der Waals surface area contributed by atoms with Gasteiger partial charge in [0.2, 0.25) is 15.9 Å². The molecule has 0 radical (unpaired) electrons. The van der Waals surface area contributed by atoms with E-state index in [0.717, 1.165) is 14.3 Å². The third-order valence-corrected chi connectivity index (χ3v) is 5.94. The van der Waals surface area contributed by atoms with E-state index in [2.05, 4.69) is 21.2 Å². The van der Waals surface area contributed by atoms with Gasteiger partial charge in [-0.05, 0) is 48.4 Å². The lowest BCUT2D eigenvalue weighted by atomic mass is 10.2. The Morgan fingerprint density at radius 2 is 1.88 bits per heavy atom. The molecular formula is C18H19BrN2O3S. The first kappa shape index (κ1) is 19.4. The average Bonchev–Trinajstić information content (AvgIpc) is 2.54. The smallest absolute Gasteiger partial charge is 0.248 e. The minimum Gasteiger partial charge on any atom is -0.322 e. The minimum atomic E-state index is -3.57. The Kier molecular flexibility index (Phi) is 6.16. The zero-order chi connectivity index (χ0) is 18.6. The number of hydrogen-bond acceptors (Lipinski definition) is 3. The molecule has 5 nitrogen and oxygen atoms in total. The van der Waals surface area contributed by atoms with Crippen molar-refractivity contribution in [3.05, 3.63) is 64.1 Å². The Bertz CT molecular complexity index is 922. The molecular weight excluding hydrogens is 404 g/mol. The van der Waals surface area contributed by atoms with Gasteiger partial charge in [0.05, 0.1) is 4.90 Å². The van der Waals surface area contributed by atoms with Gasteiger partial charge in [-0.2, -0.15) is 0 Å². The molecule has 2 aromatic rings. The molecule has 0 heterocycles. The van der Waals surface area contributed by atoms with Gasteiger partial charge in [-0.25, -0.2) is 12.7 Å².